The highest BCUT2D eigenvalue weighted by Gasteiger charge is 2.47. The number of amides is 4. The molecule has 0 unspecified atom stereocenters. The molecule has 0 saturated heterocycles. The summed E-state index contributed by atoms with van der Waals surface area (Å²) >= 11 is 10.1. The van der Waals surface area contributed by atoms with E-state index in [4.69, 9.17) is 0 Å². The highest BCUT2D eigenvalue weighted by Crippen LogP contribution is 2.43. The summed E-state index contributed by atoms with van der Waals surface area (Å²) in [4.78, 5) is 50.4. The van der Waals surface area contributed by atoms with E-state index in [0.717, 1.165) is 14.7 Å². The molecule has 0 aliphatic rings. The van der Waals surface area contributed by atoms with E-state index in [-0.39, 0.29) is 37.0 Å². The van der Waals surface area contributed by atoms with Crippen molar-refractivity contribution >= 4 is 214 Å². The molecule has 0 spiro atoms. The van der Waals surface area contributed by atoms with Gasteiger partial charge in [0.05, 0.1) is 29.9 Å². The summed E-state index contributed by atoms with van der Waals surface area (Å²) in [5.41, 5.74) is -12.0. The van der Waals surface area contributed by atoms with Gasteiger partial charge in [0.25, 0.3) is 0 Å². The van der Waals surface area contributed by atoms with E-state index < -0.39 is 77.6 Å². The third kappa shape index (κ3) is 12.6. The van der Waals surface area contributed by atoms with Crippen molar-refractivity contribution < 1.29 is 72.6 Å². The fourth-order valence-corrected chi connectivity index (χ4v) is 14.2. The number of hydrogen-bond acceptors (Lipinski definition) is 10. The van der Waals surface area contributed by atoms with Crippen LogP contribution in [0.15, 0.2) is 8.80 Å². The Labute approximate surface area is 402 Å². The van der Waals surface area contributed by atoms with Crippen LogP contribution in [0.4, 0.5) is 49.1 Å². The summed E-state index contributed by atoms with van der Waals surface area (Å²) in [6.45, 7) is 4.82. The number of halogens is 12. The molecule has 2 rings (SSSR count). The first-order valence-electron chi connectivity index (χ1n) is 14.1. The average molecular weight is 1530 g/mol. The van der Waals surface area contributed by atoms with Crippen LogP contribution in [-0.2, 0) is 39.2 Å². The summed E-state index contributed by atoms with van der Waals surface area (Å²) in [5.74, 6) is -5.28. The lowest BCUT2D eigenvalue weighted by molar-refractivity contribution is -0.213. The standard InChI is InChI=1S/C14H13F3I3N3O5S.C13H11F3I3N3O5S/c1-5(24)22(3)11-8(18)7(13(26)21-29(27,28)14(15,16)17)9(19)12(10(11)20)23(4)6(2)25;1-4(23)20-10-7(17)6(12(25)21-28(26,27)13(14,15)16)8(18)11(9(10)19)22(3)5(2)24/h1-4H3,(H,21,26);1-3H3,(H,20,23)(H,21,25)/p-2. The summed E-state index contributed by atoms with van der Waals surface area (Å²) in [6, 6.07) is 0. The van der Waals surface area contributed by atoms with Crippen molar-refractivity contribution in [2.45, 2.75) is 38.7 Å². The monoisotopic (exact) mass is 1530 g/mol. The molecule has 0 aromatic heterocycles. The number of rotatable bonds is 8. The lowest BCUT2D eigenvalue weighted by Gasteiger charge is -2.29. The minimum Gasteiger partial charge on any atom is -0.858 e. The van der Waals surface area contributed by atoms with E-state index in [1.54, 1.807) is 113 Å². The topological polar surface area (TPSA) is 229 Å². The molecule has 0 radical (unpaired) electrons. The summed E-state index contributed by atoms with van der Waals surface area (Å²) in [5, 5.41) is 27.3. The Balaban J connectivity index is 0.000000570. The van der Waals surface area contributed by atoms with Crippen molar-refractivity contribution in [3.63, 3.8) is 0 Å². The number of nitrogens with zero attached hydrogens (tertiary/aromatic N) is 5. The van der Waals surface area contributed by atoms with Crippen molar-refractivity contribution in [1.29, 1.82) is 0 Å². The van der Waals surface area contributed by atoms with Gasteiger partial charge in [0.15, 0.2) is 0 Å². The van der Waals surface area contributed by atoms with Gasteiger partial charge in [-0.3, -0.25) is 19.2 Å². The van der Waals surface area contributed by atoms with E-state index in [9.17, 15) is 72.6 Å². The van der Waals surface area contributed by atoms with Crippen LogP contribution in [0.5, 0.6) is 0 Å². The average Bonchev–Trinajstić information content (AvgIpc) is 3.01. The second kappa shape index (κ2) is 20.3. The summed E-state index contributed by atoms with van der Waals surface area (Å²) in [7, 11) is -8.07. The number of benzene rings is 2. The molecule has 0 aliphatic carbocycles. The quantitative estimate of drug-likeness (QED) is 0.164. The SMILES string of the molecule is CC(=O)N(C)c1c(I)c(C([O-])=NS(=O)(=O)C(F)(F)F)c(I)c(N(C)C(C)=O)c1I.CC(=O)Nc1c(I)c(C([O-])=NS(=O)(=O)C(F)(F)F)c(I)c(N(C)C(C)=O)c1I. The molecule has 0 heterocycles. The van der Waals surface area contributed by atoms with Gasteiger partial charge in [-0.15, -0.1) is 0 Å². The zero-order chi connectivity index (χ0) is 45.2. The number of carbonyl (C=O) groups is 4. The number of nitrogens with one attached hydrogen (secondary N) is 1. The lowest BCUT2D eigenvalue weighted by Crippen LogP contribution is -2.33. The fraction of sp³-hybridized carbons (Fsp3) is 0.333. The number of anilines is 4. The number of hydrogen-bond donors (Lipinski definition) is 1. The minimum atomic E-state index is -6.08. The molecule has 0 aliphatic heterocycles. The maximum absolute atomic E-state index is 12.7. The maximum Gasteiger partial charge on any atom is 0.518 e. The Bertz CT molecular complexity index is 2260. The van der Waals surface area contributed by atoms with Crippen molar-refractivity contribution in [3.8, 4) is 0 Å². The lowest BCUT2D eigenvalue weighted by atomic mass is 10.1. The molecule has 2 aromatic rings. The second-order valence-electron chi connectivity index (χ2n) is 10.6. The molecule has 30 heteroatoms. The van der Waals surface area contributed by atoms with Gasteiger partial charge in [-0.2, -0.15) is 52.0 Å². The fourth-order valence-electron chi connectivity index (χ4n) is 3.72. The van der Waals surface area contributed by atoms with Crippen LogP contribution in [0, 0.1) is 21.4 Å². The molecule has 0 saturated carbocycles. The summed E-state index contributed by atoms with van der Waals surface area (Å²) < 4.78 is 126. The number of alkyl halides is 6. The largest absolute Gasteiger partial charge is 0.858 e. The molecular formula is C27H22F6I6N6O10S2-2. The smallest absolute Gasteiger partial charge is 0.518 e. The van der Waals surface area contributed by atoms with Crippen molar-refractivity contribution in [2.75, 3.05) is 41.2 Å². The van der Waals surface area contributed by atoms with Gasteiger partial charge in [0, 0.05) is 86.0 Å². The van der Waals surface area contributed by atoms with Crippen LogP contribution in [0.1, 0.15) is 38.8 Å². The first-order valence-corrected chi connectivity index (χ1v) is 23.4. The number of carbonyl (C=O) groups excluding carboxylic acids is 4. The first kappa shape index (κ1) is 54.1. The van der Waals surface area contributed by atoms with Crippen LogP contribution >= 0.6 is 136 Å². The van der Waals surface area contributed by atoms with Crippen LogP contribution in [0.25, 0.3) is 0 Å². The van der Waals surface area contributed by atoms with Crippen LogP contribution < -0.4 is 30.2 Å². The normalized spacial score (nSPS) is 12.7. The molecule has 2 aromatic carbocycles. The van der Waals surface area contributed by atoms with Crippen molar-refractivity contribution in [1.82, 2.24) is 0 Å². The van der Waals surface area contributed by atoms with Crippen LogP contribution in [0.3, 0.4) is 0 Å². The predicted octanol–water partition coefficient (Wildman–Crippen LogP) is 4.82. The van der Waals surface area contributed by atoms with Crippen LogP contribution in [-0.4, -0.2) is 84.4 Å². The molecule has 318 valence electrons. The van der Waals surface area contributed by atoms with Crippen molar-refractivity contribution in [2.24, 2.45) is 8.80 Å². The van der Waals surface area contributed by atoms with E-state index in [0.29, 0.717) is 7.14 Å². The Morgan fingerprint density at radius 3 is 1.05 bits per heavy atom. The van der Waals surface area contributed by atoms with E-state index in [2.05, 4.69) is 14.1 Å². The molecule has 0 fully saturated rings. The zero-order valence-electron chi connectivity index (χ0n) is 29.2. The van der Waals surface area contributed by atoms with Crippen LogP contribution in [0.2, 0.25) is 0 Å². The van der Waals surface area contributed by atoms with Gasteiger partial charge >= 0.3 is 31.1 Å². The Hall–Kier alpha value is -0.880. The Morgan fingerprint density at radius 1 is 0.544 bits per heavy atom. The predicted molar refractivity (Wildman–Crippen MR) is 244 cm³/mol. The highest BCUT2D eigenvalue weighted by atomic mass is 127. The third-order valence-electron chi connectivity index (χ3n) is 6.71. The molecule has 1 N–H and O–H groups in total. The van der Waals surface area contributed by atoms with E-state index >= 15 is 0 Å². The van der Waals surface area contributed by atoms with Gasteiger partial charge in [0.1, 0.15) is 0 Å². The molecular weight excluding hydrogens is 1510 g/mol. The number of sulfonamides is 2. The molecule has 16 nitrogen and oxygen atoms in total. The maximum atomic E-state index is 12.7. The molecule has 0 bridgehead atoms. The molecule has 4 amide bonds. The van der Waals surface area contributed by atoms with Gasteiger partial charge in [0.2, 0.25) is 23.6 Å². The Morgan fingerprint density at radius 2 is 0.807 bits per heavy atom. The van der Waals surface area contributed by atoms with Crippen molar-refractivity contribution in [3.05, 3.63) is 32.5 Å². The van der Waals surface area contributed by atoms with Gasteiger partial charge in [-0.05, 0) is 136 Å². The second-order valence-corrected chi connectivity index (χ2v) is 20.3. The molecule has 57 heavy (non-hydrogen) atoms. The minimum absolute atomic E-state index is 0.00401. The Kier molecular flexibility index (Phi) is 19.3. The first-order chi connectivity index (χ1) is 25.5. The highest BCUT2D eigenvalue weighted by molar-refractivity contribution is 14.1. The van der Waals surface area contributed by atoms with Gasteiger partial charge in [-0.25, -0.2) is 0 Å². The van der Waals surface area contributed by atoms with Gasteiger partial charge < -0.3 is 30.2 Å². The summed E-state index contributed by atoms with van der Waals surface area (Å²) in [6.07, 6.45) is 0. The van der Waals surface area contributed by atoms with E-state index in [1.807, 2.05) is 22.6 Å². The third-order valence-corrected chi connectivity index (χ3v) is 15.0. The van der Waals surface area contributed by atoms with Gasteiger partial charge in [-0.1, -0.05) is 0 Å². The van der Waals surface area contributed by atoms with E-state index in [1.165, 1.54) is 48.8 Å². The zero-order valence-corrected chi connectivity index (χ0v) is 43.7. The molecule has 0 atom stereocenters.